The summed E-state index contributed by atoms with van der Waals surface area (Å²) in [4.78, 5) is 30.9. The van der Waals surface area contributed by atoms with Crippen LogP contribution in [-0.4, -0.2) is 33.9 Å². The topological polar surface area (TPSA) is 45.6 Å². The smallest absolute Gasteiger partial charge is 0.254 e. The molecular weight excluding hydrogens is 493 g/mol. The van der Waals surface area contributed by atoms with Gasteiger partial charge in [-0.2, -0.15) is 0 Å². The van der Waals surface area contributed by atoms with E-state index in [1.54, 1.807) is 34.1 Å². The normalized spacial score (nSPS) is 14.4. The second-order valence-electron chi connectivity index (χ2n) is 9.05. The van der Waals surface area contributed by atoms with Crippen LogP contribution in [0, 0.1) is 0 Å². The zero-order chi connectivity index (χ0) is 25.4. The van der Waals surface area contributed by atoms with Gasteiger partial charge in [-0.25, -0.2) is 0 Å². The van der Waals surface area contributed by atoms with E-state index in [4.69, 9.17) is 23.2 Å². The predicted molar refractivity (Wildman–Crippen MR) is 144 cm³/mol. The SMILES string of the molecule is CC(C)N(CC(=O)N1c2ccccc2-n2cccc2C1c1cccc(Cl)c1)C(=O)c1cccc(Cl)c1. The van der Waals surface area contributed by atoms with Crippen molar-refractivity contribution >= 4 is 40.7 Å². The van der Waals surface area contributed by atoms with E-state index in [1.165, 1.54) is 0 Å². The van der Waals surface area contributed by atoms with Gasteiger partial charge in [0.25, 0.3) is 5.91 Å². The summed E-state index contributed by atoms with van der Waals surface area (Å²) in [5.41, 5.74) is 3.96. The molecule has 0 bridgehead atoms. The second kappa shape index (κ2) is 9.84. The van der Waals surface area contributed by atoms with E-state index >= 15 is 0 Å². The van der Waals surface area contributed by atoms with Gasteiger partial charge in [0, 0.05) is 27.8 Å². The van der Waals surface area contributed by atoms with Crippen LogP contribution in [0.5, 0.6) is 0 Å². The highest BCUT2D eigenvalue weighted by atomic mass is 35.5. The molecule has 0 aliphatic carbocycles. The van der Waals surface area contributed by atoms with Crippen LogP contribution in [0.3, 0.4) is 0 Å². The molecule has 3 aromatic carbocycles. The van der Waals surface area contributed by atoms with Gasteiger partial charge in [0.2, 0.25) is 5.91 Å². The molecule has 2 amide bonds. The number of rotatable bonds is 5. The fraction of sp³-hybridized carbons (Fsp3) is 0.172. The Labute approximate surface area is 220 Å². The average Bonchev–Trinajstić information content (AvgIpc) is 3.35. The third kappa shape index (κ3) is 4.41. The van der Waals surface area contributed by atoms with Crippen molar-refractivity contribution in [2.75, 3.05) is 11.4 Å². The molecule has 0 saturated carbocycles. The molecule has 1 aliphatic heterocycles. The molecule has 5 nitrogen and oxygen atoms in total. The van der Waals surface area contributed by atoms with Crippen LogP contribution in [0.2, 0.25) is 10.0 Å². The zero-order valence-corrected chi connectivity index (χ0v) is 21.4. The van der Waals surface area contributed by atoms with Crippen LogP contribution in [0.25, 0.3) is 5.69 Å². The van der Waals surface area contributed by atoms with Crippen LogP contribution >= 0.6 is 23.2 Å². The van der Waals surface area contributed by atoms with E-state index in [0.29, 0.717) is 15.6 Å². The van der Waals surface area contributed by atoms with E-state index in [2.05, 4.69) is 4.57 Å². The van der Waals surface area contributed by atoms with Crippen molar-refractivity contribution in [2.24, 2.45) is 0 Å². The maximum atomic E-state index is 14.1. The zero-order valence-electron chi connectivity index (χ0n) is 19.9. The lowest BCUT2D eigenvalue weighted by molar-refractivity contribution is -0.120. The van der Waals surface area contributed by atoms with Crippen molar-refractivity contribution in [1.82, 2.24) is 9.47 Å². The third-order valence-electron chi connectivity index (χ3n) is 6.41. The lowest BCUT2D eigenvalue weighted by Gasteiger charge is -2.40. The third-order valence-corrected chi connectivity index (χ3v) is 6.88. The Hall–Kier alpha value is -3.54. The molecule has 0 saturated heterocycles. The van der Waals surface area contributed by atoms with Crippen LogP contribution < -0.4 is 4.90 Å². The minimum absolute atomic E-state index is 0.0882. The second-order valence-corrected chi connectivity index (χ2v) is 9.92. The Bertz CT molecular complexity index is 1450. The van der Waals surface area contributed by atoms with Crippen LogP contribution in [-0.2, 0) is 4.79 Å². The first-order chi connectivity index (χ1) is 17.3. The summed E-state index contributed by atoms with van der Waals surface area (Å²) in [5, 5.41) is 1.07. The largest absolute Gasteiger partial charge is 0.327 e. The lowest BCUT2D eigenvalue weighted by atomic mass is 9.97. The Balaban J connectivity index is 1.58. The van der Waals surface area contributed by atoms with Crippen molar-refractivity contribution in [3.63, 3.8) is 0 Å². The summed E-state index contributed by atoms with van der Waals surface area (Å²) in [5.74, 6) is -0.433. The monoisotopic (exact) mass is 517 g/mol. The number of fused-ring (bicyclic) bond motifs is 3. The Morgan fingerprint density at radius 3 is 2.25 bits per heavy atom. The number of anilines is 1. The molecule has 0 fully saturated rings. The maximum absolute atomic E-state index is 14.1. The standard InChI is InChI=1S/C29H25Cl2N3O2/c1-19(2)33(29(36)21-9-6-11-23(31)17-21)18-27(35)34-25-13-4-3-12-24(25)32-15-7-14-26(32)28(34)20-8-5-10-22(30)16-20/h3-17,19,28H,18H2,1-2H3. The van der Waals surface area contributed by atoms with Crippen molar-refractivity contribution in [1.29, 1.82) is 0 Å². The number of carbonyl (C=O) groups excluding carboxylic acids is 2. The van der Waals surface area contributed by atoms with Crippen LogP contribution in [0.4, 0.5) is 5.69 Å². The van der Waals surface area contributed by atoms with E-state index in [1.807, 2.05) is 80.7 Å². The molecule has 0 spiro atoms. The molecule has 1 aromatic heterocycles. The molecule has 1 unspecified atom stereocenters. The van der Waals surface area contributed by atoms with Gasteiger partial charge in [-0.05, 0) is 74.0 Å². The highest BCUT2D eigenvalue weighted by molar-refractivity contribution is 6.31. The van der Waals surface area contributed by atoms with Crippen molar-refractivity contribution in [3.05, 3.63) is 118 Å². The summed E-state index contributed by atoms with van der Waals surface area (Å²) in [6, 6.07) is 25.5. The minimum Gasteiger partial charge on any atom is -0.327 e. The Morgan fingerprint density at radius 1 is 0.861 bits per heavy atom. The number of hydrogen-bond donors (Lipinski definition) is 0. The van der Waals surface area contributed by atoms with Crippen molar-refractivity contribution in [2.45, 2.75) is 25.9 Å². The number of carbonyl (C=O) groups is 2. The summed E-state index contributed by atoms with van der Waals surface area (Å²) in [7, 11) is 0. The lowest BCUT2D eigenvalue weighted by Crippen LogP contribution is -2.48. The molecule has 0 radical (unpaired) electrons. The molecular formula is C29H25Cl2N3O2. The highest BCUT2D eigenvalue weighted by Crippen LogP contribution is 2.42. The van der Waals surface area contributed by atoms with Gasteiger partial charge in [0.15, 0.2) is 0 Å². The quantitative estimate of drug-likeness (QED) is 0.293. The predicted octanol–water partition coefficient (Wildman–Crippen LogP) is 6.77. The van der Waals surface area contributed by atoms with Crippen LogP contribution in [0.15, 0.2) is 91.1 Å². The maximum Gasteiger partial charge on any atom is 0.254 e. The molecule has 1 atom stereocenters. The number of halogens is 2. The van der Waals surface area contributed by atoms with Gasteiger partial charge < -0.3 is 9.47 Å². The number of aromatic nitrogens is 1. The molecule has 36 heavy (non-hydrogen) atoms. The molecule has 0 N–H and O–H groups in total. The summed E-state index contributed by atoms with van der Waals surface area (Å²) in [6.45, 7) is 3.72. The van der Waals surface area contributed by atoms with Gasteiger partial charge in [0.1, 0.15) is 12.6 Å². The van der Waals surface area contributed by atoms with E-state index in [9.17, 15) is 9.59 Å². The molecule has 182 valence electrons. The number of para-hydroxylation sites is 2. The first kappa shape index (κ1) is 24.2. The average molecular weight is 518 g/mol. The van der Waals surface area contributed by atoms with Gasteiger partial charge >= 0.3 is 0 Å². The molecule has 4 aromatic rings. The molecule has 5 rings (SSSR count). The van der Waals surface area contributed by atoms with Gasteiger partial charge in [-0.1, -0.05) is 53.5 Å². The van der Waals surface area contributed by atoms with E-state index in [0.717, 1.165) is 22.6 Å². The fourth-order valence-electron chi connectivity index (χ4n) is 4.75. The summed E-state index contributed by atoms with van der Waals surface area (Å²) in [6.07, 6.45) is 2.00. The Morgan fingerprint density at radius 2 is 1.56 bits per heavy atom. The van der Waals surface area contributed by atoms with Crippen molar-refractivity contribution < 1.29 is 9.59 Å². The summed E-state index contributed by atoms with van der Waals surface area (Å²) < 4.78 is 2.10. The minimum atomic E-state index is -0.406. The first-order valence-corrected chi connectivity index (χ1v) is 12.5. The van der Waals surface area contributed by atoms with Gasteiger partial charge in [-0.3, -0.25) is 14.5 Å². The van der Waals surface area contributed by atoms with Crippen LogP contribution in [0.1, 0.15) is 41.5 Å². The van der Waals surface area contributed by atoms with Crippen molar-refractivity contribution in [3.8, 4) is 5.69 Å². The Kier molecular flexibility index (Phi) is 6.61. The molecule has 2 heterocycles. The van der Waals surface area contributed by atoms with Gasteiger partial charge in [0.05, 0.1) is 17.1 Å². The highest BCUT2D eigenvalue weighted by Gasteiger charge is 2.37. The number of benzene rings is 3. The molecule has 7 heteroatoms. The molecule has 1 aliphatic rings. The van der Waals surface area contributed by atoms with E-state index in [-0.39, 0.29) is 24.4 Å². The van der Waals surface area contributed by atoms with Gasteiger partial charge in [-0.15, -0.1) is 0 Å². The van der Waals surface area contributed by atoms with E-state index < -0.39 is 6.04 Å². The number of amides is 2. The number of hydrogen-bond acceptors (Lipinski definition) is 2. The number of nitrogens with zero attached hydrogens (tertiary/aromatic N) is 3. The summed E-state index contributed by atoms with van der Waals surface area (Å²) >= 11 is 12.5. The fourth-order valence-corrected chi connectivity index (χ4v) is 5.14. The first-order valence-electron chi connectivity index (χ1n) is 11.8.